The largest absolute Gasteiger partial charge is 0.507 e. The van der Waals surface area contributed by atoms with Gasteiger partial charge >= 0.3 is 0 Å². The summed E-state index contributed by atoms with van der Waals surface area (Å²) in [7, 11) is 0. The molecule has 1 N–H and O–H groups in total. The Morgan fingerprint density at radius 1 is 1.18 bits per heavy atom. The van der Waals surface area contributed by atoms with Gasteiger partial charge in [0.05, 0.1) is 5.56 Å². The molecule has 0 aromatic heterocycles. The fourth-order valence-electron chi connectivity index (χ4n) is 1.21. The Bertz CT molecular complexity index is 351. The van der Waals surface area contributed by atoms with E-state index in [4.69, 9.17) is 0 Å². The fraction of sp³-hybridized carbons (Fsp3) is 0. The Hall–Kier alpha value is -1.57. The summed E-state index contributed by atoms with van der Waals surface area (Å²) in [6.45, 7) is 0. The highest BCUT2D eigenvalue weighted by Crippen LogP contribution is 2.27. The quantitative estimate of drug-likeness (QED) is 0.603. The molecule has 1 aromatic carbocycles. The molecular weight excluding hydrogens is 140 g/mol. The van der Waals surface area contributed by atoms with Crippen molar-refractivity contribution in [1.29, 1.82) is 0 Å². The Kier molecular flexibility index (Phi) is 1.09. The van der Waals surface area contributed by atoms with Crippen molar-refractivity contribution in [2.75, 3.05) is 0 Å². The van der Waals surface area contributed by atoms with Crippen LogP contribution in [0, 0.1) is 0 Å². The van der Waals surface area contributed by atoms with Crippen molar-refractivity contribution in [1.82, 2.24) is 0 Å². The maximum Gasteiger partial charge on any atom is 0.190 e. The predicted octanol–water partition coefficient (Wildman–Crippen LogP) is 1.60. The molecule has 54 valence electrons. The average molecular weight is 146 g/mol. The molecule has 0 unspecified atom stereocenters. The van der Waals surface area contributed by atoms with Gasteiger partial charge in [0.15, 0.2) is 5.78 Å². The summed E-state index contributed by atoms with van der Waals surface area (Å²) < 4.78 is 0. The summed E-state index contributed by atoms with van der Waals surface area (Å²) in [5.41, 5.74) is 1.22. The summed E-state index contributed by atoms with van der Waals surface area (Å²) in [5, 5.41) is 9.24. The van der Waals surface area contributed by atoms with Crippen LogP contribution in [0.4, 0.5) is 0 Å². The van der Waals surface area contributed by atoms with Crippen LogP contribution in [0.15, 0.2) is 24.3 Å². The third-order valence-corrected chi connectivity index (χ3v) is 1.74. The molecule has 0 atom stereocenters. The Morgan fingerprint density at radius 3 is 2.73 bits per heavy atom. The molecule has 0 heterocycles. The monoisotopic (exact) mass is 146 g/mol. The second-order valence-electron chi connectivity index (χ2n) is 2.44. The van der Waals surface area contributed by atoms with Crippen LogP contribution < -0.4 is 0 Å². The number of ketones is 1. The van der Waals surface area contributed by atoms with Gasteiger partial charge in [0.2, 0.25) is 0 Å². The average Bonchev–Trinajstić information content (AvgIpc) is 2.34. The zero-order valence-electron chi connectivity index (χ0n) is 5.74. The normalized spacial score (nSPS) is 13.6. The number of benzene rings is 1. The number of phenols is 1. The highest BCUT2D eigenvalue weighted by molar-refractivity contribution is 6.15. The third kappa shape index (κ3) is 0.759. The lowest BCUT2D eigenvalue weighted by molar-refractivity contribution is 0.104. The standard InChI is InChI=1S/C9H6O2/c10-7-3-1-2-6-4-5-8(11)9(6)7/h1-5,10H. The molecule has 1 aliphatic carbocycles. The minimum absolute atomic E-state index is 0.0671. The Morgan fingerprint density at radius 2 is 2.00 bits per heavy atom. The van der Waals surface area contributed by atoms with Crippen molar-refractivity contribution in [2.24, 2.45) is 0 Å². The van der Waals surface area contributed by atoms with Crippen molar-refractivity contribution in [3.63, 3.8) is 0 Å². The van der Waals surface area contributed by atoms with E-state index >= 15 is 0 Å². The highest BCUT2D eigenvalue weighted by atomic mass is 16.3. The summed E-state index contributed by atoms with van der Waals surface area (Å²) in [5.74, 6) is -0.0457. The molecule has 0 spiro atoms. The lowest BCUT2D eigenvalue weighted by Gasteiger charge is -1.98. The summed E-state index contributed by atoms with van der Waals surface area (Å²) in [4.78, 5) is 11.0. The molecule has 0 saturated heterocycles. The van der Waals surface area contributed by atoms with E-state index in [-0.39, 0.29) is 11.5 Å². The van der Waals surface area contributed by atoms with Crippen LogP contribution in [0.1, 0.15) is 15.9 Å². The first-order chi connectivity index (χ1) is 5.29. The van der Waals surface area contributed by atoms with Crippen molar-refractivity contribution in [3.8, 4) is 5.75 Å². The number of rotatable bonds is 0. The van der Waals surface area contributed by atoms with Crippen molar-refractivity contribution < 1.29 is 9.90 Å². The topological polar surface area (TPSA) is 37.3 Å². The number of allylic oxidation sites excluding steroid dienone is 1. The third-order valence-electron chi connectivity index (χ3n) is 1.74. The first-order valence-electron chi connectivity index (χ1n) is 3.33. The molecule has 2 nitrogen and oxygen atoms in total. The summed E-state index contributed by atoms with van der Waals surface area (Å²) in [6.07, 6.45) is 3.17. The van der Waals surface area contributed by atoms with E-state index in [0.717, 1.165) is 5.56 Å². The molecule has 2 heteroatoms. The molecular formula is C9H6O2. The van der Waals surface area contributed by atoms with Gasteiger partial charge < -0.3 is 5.11 Å². The van der Waals surface area contributed by atoms with E-state index in [1.165, 1.54) is 12.1 Å². The van der Waals surface area contributed by atoms with E-state index in [2.05, 4.69) is 0 Å². The van der Waals surface area contributed by atoms with Crippen molar-refractivity contribution >= 4 is 11.9 Å². The molecule has 0 saturated carbocycles. The first-order valence-corrected chi connectivity index (χ1v) is 3.33. The number of phenolic OH excluding ortho intramolecular Hbond substituents is 1. The SMILES string of the molecule is O=C1C=Cc2cccc(O)c21. The zero-order chi connectivity index (χ0) is 7.84. The van der Waals surface area contributed by atoms with Gasteiger partial charge in [-0.2, -0.15) is 0 Å². The van der Waals surface area contributed by atoms with Gasteiger partial charge in [-0.25, -0.2) is 0 Å². The number of carbonyl (C=O) groups is 1. The van der Waals surface area contributed by atoms with Crippen LogP contribution in [-0.2, 0) is 0 Å². The lowest BCUT2D eigenvalue weighted by atomic mass is 10.1. The fourth-order valence-corrected chi connectivity index (χ4v) is 1.21. The van der Waals surface area contributed by atoms with Gasteiger partial charge in [-0.15, -0.1) is 0 Å². The van der Waals surface area contributed by atoms with Gasteiger partial charge in [0.1, 0.15) is 5.75 Å². The van der Waals surface area contributed by atoms with E-state index in [1.54, 1.807) is 18.2 Å². The van der Waals surface area contributed by atoms with Gasteiger partial charge in [-0.3, -0.25) is 4.79 Å². The summed E-state index contributed by atoms with van der Waals surface area (Å²) >= 11 is 0. The molecule has 0 amide bonds. The number of hydrogen-bond acceptors (Lipinski definition) is 2. The molecule has 0 bridgehead atoms. The molecule has 11 heavy (non-hydrogen) atoms. The molecule has 0 aliphatic heterocycles. The first kappa shape index (κ1) is 6.16. The van der Waals surface area contributed by atoms with Crippen LogP contribution in [0.5, 0.6) is 5.75 Å². The van der Waals surface area contributed by atoms with Crippen LogP contribution in [0.3, 0.4) is 0 Å². The van der Waals surface area contributed by atoms with Crippen molar-refractivity contribution in [2.45, 2.75) is 0 Å². The second-order valence-corrected chi connectivity index (χ2v) is 2.44. The van der Waals surface area contributed by atoms with E-state index < -0.39 is 0 Å². The van der Waals surface area contributed by atoms with E-state index in [0.29, 0.717) is 5.56 Å². The van der Waals surface area contributed by atoms with Gasteiger partial charge in [-0.05, 0) is 17.7 Å². The van der Waals surface area contributed by atoms with E-state index in [9.17, 15) is 9.90 Å². The van der Waals surface area contributed by atoms with Gasteiger partial charge in [0.25, 0.3) is 0 Å². The summed E-state index contributed by atoms with van der Waals surface area (Å²) in [6, 6.07) is 5.04. The zero-order valence-corrected chi connectivity index (χ0v) is 5.74. The number of hydrogen-bond donors (Lipinski definition) is 1. The van der Waals surface area contributed by atoms with Gasteiger partial charge in [-0.1, -0.05) is 18.2 Å². The van der Waals surface area contributed by atoms with Crippen molar-refractivity contribution in [3.05, 3.63) is 35.4 Å². The maximum absolute atomic E-state index is 11.0. The lowest BCUT2D eigenvalue weighted by Crippen LogP contribution is -1.91. The molecule has 0 fully saturated rings. The second kappa shape index (κ2) is 1.95. The van der Waals surface area contributed by atoms with Gasteiger partial charge in [0, 0.05) is 0 Å². The molecule has 2 rings (SSSR count). The molecule has 1 aromatic rings. The van der Waals surface area contributed by atoms with Crippen LogP contribution >= 0.6 is 0 Å². The molecule has 1 aliphatic rings. The Balaban J connectivity index is 2.74. The van der Waals surface area contributed by atoms with Crippen LogP contribution in [-0.4, -0.2) is 10.9 Å². The number of carbonyl (C=O) groups excluding carboxylic acids is 1. The maximum atomic E-state index is 11.0. The Labute approximate surface area is 63.8 Å². The molecule has 0 radical (unpaired) electrons. The van der Waals surface area contributed by atoms with E-state index in [1.807, 2.05) is 0 Å². The minimum Gasteiger partial charge on any atom is -0.507 e. The smallest absolute Gasteiger partial charge is 0.190 e. The highest BCUT2D eigenvalue weighted by Gasteiger charge is 2.16. The van der Waals surface area contributed by atoms with Crippen LogP contribution in [0.2, 0.25) is 0 Å². The predicted molar refractivity (Wildman–Crippen MR) is 41.5 cm³/mol. The number of fused-ring (bicyclic) bond motifs is 1. The van der Waals surface area contributed by atoms with Crippen LogP contribution in [0.25, 0.3) is 6.08 Å². The number of aromatic hydroxyl groups is 1. The minimum atomic E-state index is -0.113.